The van der Waals surface area contributed by atoms with Crippen molar-refractivity contribution in [3.63, 3.8) is 0 Å². The Bertz CT molecular complexity index is 333. The maximum Gasteiger partial charge on any atom is 0.304 e. The molecular weight excluding hydrogens is 202 g/mol. The van der Waals surface area contributed by atoms with Crippen LogP contribution in [0.2, 0.25) is 0 Å². The molecule has 3 unspecified atom stereocenters. The summed E-state index contributed by atoms with van der Waals surface area (Å²) in [4.78, 5) is 10.8. The number of hydrogen-bond donors (Lipinski definition) is 2. The second kappa shape index (κ2) is 3.88. The largest absolute Gasteiger partial charge is 0.481 e. The molecule has 3 rings (SSSR count). The zero-order chi connectivity index (χ0) is 11.9. The molecule has 0 aromatic rings. The van der Waals surface area contributed by atoms with Gasteiger partial charge in [-0.3, -0.25) is 4.79 Å². The normalized spacial score (nSPS) is 32.6. The highest BCUT2D eigenvalue weighted by Gasteiger charge is 2.52. The van der Waals surface area contributed by atoms with Crippen LogP contribution in [0.15, 0.2) is 11.6 Å². The standard InChI is InChI=1S/C13H21NO2/c1-13(2)9-3-4-10(11(13)6-9)8(7-14)5-12(15)16/h4,8-9,11H,3,5-7,14H2,1-2H3,(H,15,16). The van der Waals surface area contributed by atoms with E-state index in [0.717, 1.165) is 12.3 Å². The van der Waals surface area contributed by atoms with Gasteiger partial charge >= 0.3 is 5.97 Å². The van der Waals surface area contributed by atoms with Gasteiger partial charge in [-0.05, 0) is 36.6 Å². The molecule has 0 amide bonds. The van der Waals surface area contributed by atoms with E-state index in [-0.39, 0.29) is 12.3 Å². The van der Waals surface area contributed by atoms with Crippen LogP contribution in [0.1, 0.15) is 33.1 Å². The fraction of sp³-hybridized carbons (Fsp3) is 0.769. The quantitative estimate of drug-likeness (QED) is 0.717. The van der Waals surface area contributed by atoms with Gasteiger partial charge in [-0.25, -0.2) is 0 Å². The maximum atomic E-state index is 10.8. The summed E-state index contributed by atoms with van der Waals surface area (Å²) in [5.74, 6) is 0.669. The van der Waals surface area contributed by atoms with Crippen LogP contribution in [-0.4, -0.2) is 17.6 Å². The van der Waals surface area contributed by atoms with Gasteiger partial charge in [-0.2, -0.15) is 0 Å². The van der Waals surface area contributed by atoms with Crippen LogP contribution in [0.5, 0.6) is 0 Å². The van der Waals surface area contributed by atoms with E-state index in [1.807, 2.05) is 0 Å². The molecule has 2 bridgehead atoms. The number of rotatable bonds is 4. The third-order valence-corrected chi connectivity index (χ3v) is 4.69. The first-order chi connectivity index (χ1) is 7.46. The van der Waals surface area contributed by atoms with Gasteiger partial charge in [-0.15, -0.1) is 0 Å². The highest BCUT2D eigenvalue weighted by molar-refractivity contribution is 5.67. The number of nitrogens with two attached hydrogens (primary N) is 1. The van der Waals surface area contributed by atoms with E-state index < -0.39 is 5.97 Å². The minimum Gasteiger partial charge on any atom is -0.481 e. The van der Waals surface area contributed by atoms with E-state index in [2.05, 4.69) is 19.9 Å². The van der Waals surface area contributed by atoms with E-state index in [9.17, 15) is 4.79 Å². The van der Waals surface area contributed by atoms with Crippen molar-refractivity contribution in [3.8, 4) is 0 Å². The van der Waals surface area contributed by atoms with E-state index in [1.165, 1.54) is 12.0 Å². The Kier molecular flexibility index (Phi) is 2.82. The van der Waals surface area contributed by atoms with Gasteiger partial charge < -0.3 is 10.8 Å². The minimum atomic E-state index is -0.740. The average Bonchev–Trinajstić information content (AvgIpc) is 2.25. The first-order valence-corrected chi connectivity index (χ1v) is 6.08. The molecule has 90 valence electrons. The lowest BCUT2D eigenvalue weighted by Crippen LogP contribution is -2.50. The van der Waals surface area contributed by atoms with Crippen LogP contribution in [-0.2, 0) is 4.79 Å². The summed E-state index contributed by atoms with van der Waals surface area (Å²) in [6.45, 7) is 5.05. The average molecular weight is 223 g/mol. The van der Waals surface area contributed by atoms with E-state index in [0.29, 0.717) is 17.9 Å². The highest BCUT2D eigenvalue weighted by Crippen LogP contribution is 2.60. The molecule has 0 heterocycles. The number of carboxylic acid groups (broad SMARTS) is 1. The molecular formula is C13H21NO2. The first kappa shape index (κ1) is 11.6. The molecule has 1 fully saturated rings. The van der Waals surface area contributed by atoms with Crippen molar-refractivity contribution < 1.29 is 9.90 Å². The molecule has 0 spiro atoms. The summed E-state index contributed by atoms with van der Waals surface area (Å²) < 4.78 is 0. The molecule has 0 aromatic heterocycles. The van der Waals surface area contributed by atoms with Crippen LogP contribution in [0.25, 0.3) is 0 Å². The summed E-state index contributed by atoms with van der Waals surface area (Å²) in [7, 11) is 0. The fourth-order valence-electron chi connectivity index (χ4n) is 3.40. The summed E-state index contributed by atoms with van der Waals surface area (Å²) >= 11 is 0. The molecule has 16 heavy (non-hydrogen) atoms. The van der Waals surface area contributed by atoms with Crippen molar-refractivity contribution in [2.45, 2.75) is 33.1 Å². The molecule has 3 aliphatic carbocycles. The number of carboxylic acids is 1. The molecule has 0 saturated heterocycles. The monoisotopic (exact) mass is 223 g/mol. The van der Waals surface area contributed by atoms with E-state index in [4.69, 9.17) is 10.8 Å². The Hall–Kier alpha value is -0.830. The second-order valence-electron chi connectivity index (χ2n) is 5.78. The fourth-order valence-corrected chi connectivity index (χ4v) is 3.40. The maximum absolute atomic E-state index is 10.8. The van der Waals surface area contributed by atoms with Gasteiger partial charge in [0, 0.05) is 5.92 Å². The molecule has 1 saturated carbocycles. The molecule has 3 heteroatoms. The summed E-state index contributed by atoms with van der Waals surface area (Å²) in [5.41, 5.74) is 7.39. The topological polar surface area (TPSA) is 63.3 Å². The minimum absolute atomic E-state index is 0.0445. The van der Waals surface area contributed by atoms with Gasteiger partial charge in [0.05, 0.1) is 6.42 Å². The predicted molar refractivity (Wildman–Crippen MR) is 62.9 cm³/mol. The van der Waals surface area contributed by atoms with Crippen molar-refractivity contribution in [2.75, 3.05) is 6.54 Å². The lowest BCUT2D eigenvalue weighted by molar-refractivity contribution is -0.138. The van der Waals surface area contributed by atoms with E-state index >= 15 is 0 Å². The number of fused-ring (bicyclic) bond motifs is 1. The van der Waals surface area contributed by atoms with Gasteiger partial charge in [0.15, 0.2) is 0 Å². The first-order valence-electron chi connectivity index (χ1n) is 6.08. The smallest absolute Gasteiger partial charge is 0.304 e. The SMILES string of the molecule is CC1(C)C2CC=C(C(CN)CC(=O)O)C1C2. The lowest BCUT2D eigenvalue weighted by atomic mass is 9.47. The number of hydrogen-bond acceptors (Lipinski definition) is 2. The van der Waals surface area contributed by atoms with Crippen LogP contribution >= 0.6 is 0 Å². The number of carbonyl (C=O) groups is 1. The van der Waals surface area contributed by atoms with Gasteiger partial charge in [0.25, 0.3) is 0 Å². The third-order valence-electron chi connectivity index (χ3n) is 4.69. The summed E-state index contributed by atoms with van der Waals surface area (Å²) in [6, 6.07) is 0. The Morgan fingerprint density at radius 2 is 2.38 bits per heavy atom. The van der Waals surface area contributed by atoms with Crippen LogP contribution in [0, 0.1) is 23.2 Å². The molecule has 3 N–H and O–H groups in total. The lowest BCUT2D eigenvalue weighted by Gasteiger charge is -2.57. The van der Waals surface area contributed by atoms with Gasteiger partial charge in [0.2, 0.25) is 0 Å². The van der Waals surface area contributed by atoms with Crippen LogP contribution in [0.3, 0.4) is 0 Å². The predicted octanol–water partition coefficient (Wildman–Crippen LogP) is 2.03. The second-order valence-corrected chi connectivity index (χ2v) is 5.78. The number of aliphatic carboxylic acids is 1. The highest BCUT2D eigenvalue weighted by atomic mass is 16.4. The van der Waals surface area contributed by atoms with Gasteiger partial charge in [0.1, 0.15) is 0 Å². The van der Waals surface area contributed by atoms with E-state index in [1.54, 1.807) is 0 Å². The summed E-state index contributed by atoms with van der Waals surface area (Å²) in [5, 5.41) is 8.89. The Labute approximate surface area is 96.7 Å². The summed E-state index contributed by atoms with van der Waals surface area (Å²) in [6.07, 6.45) is 4.77. The molecule has 0 aliphatic heterocycles. The number of allylic oxidation sites excluding steroid dienone is 1. The van der Waals surface area contributed by atoms with Crippen molar-refractivity contribution in [3.05, 3.63) is 11.6 Å². The van der Waals surface area contributed by atoms with Crippen molar-refractivity contribution in [2.24, 2.45) is 28.9 Å². The van der Waals surface area contributed by atoms with Gasteiger partial charge in [-0.1, -0.05) is 25.5 Å². The zero-order valence-electron chi connectivity index (χ0n) is 10.1. The Morgan fingerprint density at radius 1 is 1.69 bits per heavy atom. The Morgan fingerprint density at radius 3 is 2.81 bits per heavy atom. The van der Waals surface area contributed by atoms with Crippen LogP contribution in [0.4, 0.5) is 0 Å². The molecule has 0 aromatic carbocycles. The molecule has 3 atom stereocenters. The molecule has 0 radical (unpaired) electrons. The molecule has 3 aliphatic rings. The Balaban J connectivity index is 2.14. The molecule has 3 nitrogen and oxygen atoms in total. The third kappa shape index (κ3) is 1.67. The van der Waals surface area contributed by atoms with Crippen molar-refractivity contribution >= 4 is 5.97 Å². The van der Waals surface area contributed by atoms with Crippen molar-refractivity contribution in [1.82, 2.24) is 0 Å². The van der Waals surface area contributed by atoms with Crippen LogP contribution < -0.4 is 5.73 Å². The zero-order valence-corrected chi connectivity index (χ0v) is 10.1. The van der Waals surface area contributed by atoms with Crippen molar-refractivity contribution in [1.29, 1.82) is 0 Å².